The number of rotatable bonds is 4. The van der Waals surface area contributed by atoms with Crippen LogP contribution in [0, 0.1) is 0 Å². The smallest absolute Gasteiger partial charge is 0.195 e. The van der Waals surface area contributed by atoms with Crippen molar-refractivity contribution in [3.8, 4) is 0 Å². The molecule has 26 heavy (non-hydrogen) atoms. The van der Waals surface area contributed by atoms with Crippen LogP contribution in [0.25, 0.3) is 0 Å². The average Bonchev–Trinajstić information content (AvgIpc) is 2.72. The summed E-state index contributed by atoms with van der Waals surface area (Å²) in [5, 5.41) is 0. The van der Waals surface area contributed by atoms with Crippen LogP contribution in [0.15, 0.2) is 121 Å². The van der Waals surface area contributed by atoms with E-state index in [1.54, 1.807) is 0 Å². The molecule has 0 unspecified atom stereocenters. The van der Waals surface area contributed by atoms with E-state index in [1.807, 2.05) is 0 Å². The SMILES string of the molecule is [H+].[Na].c1ccc([B-](c2ccccc2)(c2ccccc2)c2ccccc2)cc1. The van der Waals surface area contributed by atoms with E-state index in [1.165, 1.54) is 21.9 Å². The predicted molar refractivity (Wildman–Crippen MR) is 117 cm³/mol. The van der Waals surface area contributed by atoms with Gasteiger partial charge >= 0.3 is 1.43 Å². The van der Waals surface area contributed by atoms with Crippen LogP contribution in [0.2, 0.25) is 0 Å². The van der Waals surface area contributed by atoms with E-state index in [0.717, 1.165) is 0 Å². The van der Waals surface area contributed by atoms with Crippen molar-refractivity contribution in [2.45, 2.75) is 0 Å². The predicted octanol–water partition coefficient (Wildman–Crippen LogP) is 2.80. The Bertz CT molecular complexity index is 765. The summed E-state index contributed by atoms with van der Waals surface area (Å²) in [5.41, 5.74) is 5.36. The zero-order valence-corrected chi connectivity index (χ0v) is 17.1. The summed E-state index contributed by atoms with van der Waals surface area (Å²) >= 11 is 0. The Kier molecular flexibility index (Phi) is 6.16. The van der Waals surface area contributed by atoms with Crippen molar-refractivity contribution >= 4 is 57.6 Å². The van der Waals surface area contributed by atoms with E-state index in [-0.39, 0.29) is 31.0 Å². The van der Waals surface area contributed by atoms with Crippen molar-refractivity contribution in [1.29, 1.82) is 0 Å². The molecule has 0 nitrogen and oxygen atoms in total. The van der Waals surface area contributed by atoms with Gasteiger partial charge in [0.05, 0.1) is 0 Å². The van der Waals surface area contributed by atoms with Gasteiger partial charge in [-0.25, -0.2) is 0 Å². The fourth-order valence-corrected chi connectivity index (χ4v) is 4.12. The van der Waals surface area contributed by atoms with Crippen LogP contribution >= 0.6 is 0 Å². The van der Waals surface area contributed by atoms with Gasteiger partial charge in [-0.3, -0.25) is 0 Å². The van der Waals surface area contributed by atoms with E-state index in [4.69, 9.17) is 0 Å². The minimum atomic E-state index is -1.22. The van der Waals surface area contributed by atoms with E-state index < -0.39 is 6.15 Å². The quantitative estimate of drug-likeness (QED) is 0.500. The van der Waals surface area contributed by atoms with Crippen molar-refractivity contribution in [1.82, 2.24) is 0 Å². The molecule has 0 atom stereocenters. The monoisotopic (exact) mass is 343 g/mol. The number of hydrogen-bond donors (Lipinski definition) is 0. The van der Waals surface area contributed by atoms with Crippen LogP contribution in [0.1, 0.15) is 1.43 Å². The average molecular weight is 343 g/mol. The molecule has 4 aromatic rings. The summed E-state index contributed by atoms with van der Waals surface area (Å²) in [5.74, 6) is 0. The molecular formula is C24H21BNa. The first-order valence-electron chi connectivity index (χ1n) is 8.80. The van der Waals surface area contributed by atoms with Crippen LogP contribution < -0.4 is 21.9 Å². The van der Waals surface area contributed by atoms with Gasteiger partial charge in [0.15, 0.2) is 0 Å². The van der Waals surface area contributed by atoms with Gasteiger partial charge in [-0.2, -0.15) is 21.9 Å². The maximum atomic E-state index is 2.26. The van der Waals surface area contributed by atoms with Gasteiger partial charge in [-0.05, 0) is 0 Å². The Morgan fingerprint density at radius 1 is 0.346 bits per heavy atom. The van der Waals surface area contributed by atoms with Gasteiger partial charge in [-0.1, -0.05) is 121 Å². The minimum Gasteiger partial charge on any atom is -0.195 e. The minimum absolute atomic E-state index is 0. The molecule has 4 rings (SSSR count). The van der Waals surface area contributed by atoms with Gasteiger partial charge in [0.25, 0.3) is 0 Å². The zero-order valence-electron chi connectivity index (χ0n) is 16.1. The summed E-state index contributed by atoms with van der Waals surface area (Å²) in [6.07, 6.45) is -1.22. The Labute approximate surface area is 179 Å². The Balaban J connectivity index is 0.00000131. The van der Waals surface area contributed by atoms with Crippen molar-refractivity contribution in [3.05, 3.63) is 121 Å². The first kappa shape index (κ1) is 18.7. The van der Waals surface area contributed by atoms with Crippen LogP contribution in [-0.4, -0.2) is 35.7 Å². The van der Waals surface area contributed by atoms with E-state index >= 15 is 0 Å². The zero-order chi connectivity index (χ0) is 17.0. The van der Waals surface area contributed by atoms with Crippen LogP contribution in [0.4, 0.5) is 0 Å². The van der Waals surface area contributed by atoms with E-state index in [2.05, 4.69) is 121 Å². The van der Waals surface area contributed by atoms with Gasteiger partial charge in [-0.15, -0.1) is 0 Å². The van der Waals surface area contributed by atoms with Crippen molar-refractivity contribution < 1.29 is 1.43 Å². The third kappa shape index (κ3) is 3.31. The Morgan fingerprint density at radius 2 is 0.538 bits per heavy atom. The molecule has 0 saturated carbocycles. The molecule has 0 bridgehead atoms. The molecule has 0 spiro atoms. The molecule has 1 radical (unpaired) electrons. The van der Waals surface area contributed by atoms with Crippen molar-refractivity contribution in [2.24, 2.45) is 0 Å². The molecule has 0 aliphatic heterocycles. The molecule has 2 heteroatoms. The molecule has 0 saturated heterocycles. The van der Waals surface area contributed by atoms with Gasteiger partial charge in [0, 0.05) is 29.6 Å². The van der Waals surface area contributed by atoms with Crippen LogP contribution in [0.3, 0.4) is 0 Å². The molecule has 4 aromatic carbocycles. The molecule has 0 aliphatic rings. The maximum absolute atomic E-state index is 2.26. The van der Waals surface area contributed by atoms with Crippen molar-refractivity contribution in [3.63, 3.8) is 0 Å². The second kappa shape index (κ2) is 8.55. The number of hydrogen-bond acceptors (Lipinski definition) is 0. The summed E-state index contributed by atoms with van der Waals surface area (Å²) in [4.78, 5) is 0. The number of benzene rings is 4. The standard InChI is InChI=1S/C24H20B.Na/c1-5-13-21(14-6-1)25(22-15-7-2-8-16-22,23-17-9-3-10-18-23)24-19-11-4-12-20-24;/h1-20H;/q-1;/p+1. The van der Waals surface area contributed by atoms with Gasteiger partial charge in [0.2, 0.25) is 0 Å². The van der Waals surface area contributed by atoms with Gasteiger partial charge in [0.1, 0.15) is 6.15 Å². The summed E-state index contributed by atoms with van der Waals surface area (Å²) in [6.45, 7) is 0. The fourth-order valence-electron chi connectivity index (χ4n) is 4.12. The molecular weight excluding hydrogens is 322 g/mol. The molecule has 0 aromatic heterocycles. The first-order valence-corrected chi connectivity index (χ1v) is 8.80. The second-order valence-electron chi connectivity index (χ2n) is 6.51. The molecule has 0 N–H and O–H groups in total. The molecule has 0 fully saturated rings. The first-order chi connectivity index (χ1) is 12.4. The molecule has 0 aliphatic carbocycles. The maximum Gasteiger partial charge on any atom is 1.00 e. The summed E-state index contributed by atoms with van der Waals surface area (Å²) < 4.78 is 0. The fraction of sp³-hybridized carbons (Fsp3) is 0. The van der Waals surface area contributed by atoms with Crippen molar-refractivity contribution in [2.75, 3.05) is 0 Å². The normalized spacial score (nSPS) is 10.8. The Morgan fingerprint density at radius 3 is 0.731 bits per heavy atom. The topological polar surface area (TPSA) is 0 Å². The van der Waals surface area contributed by atoms with Crippen LogP contribution in [0.5, 0.6) is 0 Å². The second-order valence-corrected chi connectivity index (χ2v) is 6.51. The third-order valence-corrected chi connectivity index (χ3v) is 5.20. The van der Waals surface area contributed by atoms with E-state index in [0.29, 0.717) is 0 Å². The molecule has 121 valence electrons. The van der Waals surface area contributed by atoms with Crippen LogP contribution in [-0.2, 0) is 0 Å². The largest absolute Gasteiger partial charge is 1.00 e. The van der Waals surface area contributed by atoms with E-state index in [9.17, 15) is 0 Å². The molecule has 0 amide bonds. The molecule has 0 heterocycles. The Hall–Kier alpha value is -2.06. The third-order valence-electron chi connectivity index (χ3n) is 5.20. The summed E-state index contributed by atoms with van der Waals surface area (Å²) in [6, 6.07) is 43.5. The summed E-state index contributed by atoms with van der Waals surface area (Å²) in [7, 11) is 0. The van der Waals surface area contributed by atoms with Gasteiger partial charge < -0.3 is 0 Å².